The van der Waals surface area contributed by atoms with E-state index in [1.807, 2.05) is 29.2 Å². The smallest absolute Gasteiger partial charge is 0.253 e. The number of hydrogen-bond acceptors (Lipinski definition) is 3. The number of hydrogen-bond donors (Lipinski definition) is 2. The lowest BCUT2D eigenvalue weighted by molar-refractivity contribution is -0.0886. The number of nitrogens with zero attached hydrogens (tertiary/aromatic N) is 1. The first-order valence-electron chi connectivity index (χ1n) is 7.39. The molecule has 1 saturated heterocycles. The number of carbonyl (C=O) groups excluding carboxylic acids is 1. The fraction of sp³-hybridized carbons (Fsp3) is 0.562. The average molecular weight is 291 g/mol. The topological polar surface area (TPSA) is 40.5 Å². The van der Waals surface area contributed by atoms with E-state index in [2.05, 4.69) is 12.6 Å². The Balaban J connectivity index is 1.74. The Hall–Kier alpha value is -1.00. The van der Waals surface area contributed by atoms with Gasteiger partial charge in [-0.25, -0.2) is 0 Å². The van der Waals surface area contributed by atoms with Crippen LogP contribution in [0.2, 0.25) is 0 Å². The molecule has 1 aliphatic heterocycles. The van der Waals surface area contributed by atoms with Crippen molar-refractivity contribution >= 4 is 18.5 Å². The number of piperidine rings is 1. The number of carbonyl (C=O) groups is 1. The van der Waals surface area contributed by atoms with E-state index >= 15 is 0 Å². The van der Waals surface area contributed by atoms with Crippen LogP contribution in [-0.4, -0.2) is 34.6 Å². The molecule has 1 N–H and O–H groups in total. The summed E-state index contributed by atoms with van der Waals surface area (Å²) in [7, 11) is 0. The van der Waals surface area contributed by atoms with Gasteiger partial charge in [-0.2, -0.15) is 0 Å². The molecule has 3 nitrogen and oxygen atoms in total. The maximum absolute atomic E-state index is 12.5. The van der Waals surface area contributed by atoms with Gasteiger partial charge in [0.1, 0.15) is 0 Å². The number of likely N-dealkylation sites (tertiary alicyclic amines) is 1. The maximum Gasteiger partial charge on any atom is 0.253 e. The summed E-state index contributed by atoms with van der Waals surface area (Å²) < 4.78 is 0. The van der Waals surface area contributed by atoms with Gasteiger partial charge in [0.25, 0.3) is 5.91 Å². The van der Waals surface area contributed by atoms with Crippen molar-refractivity contribution in [2.45, 2.75) is 42.6 Å². The van der Waals surface area contributed by atoms with Crippen molar-refractivity contribution in [3.05, 3.63) is 29.8 Å². The van der Waals surface area contributed by atoms with Crippen molar-refractivity contribution in [1.82, 2.24) is 4.90 Å². The van der Waals surface area contributed by atoms with Gasteiger partial charge < -0.3 is 10.0 Å². The van der Waals surface area contributed by atoms with Crippen LogP contribution in [-0.2, 0) is 0 Å². The fourth-order valence-corrected chi connectivity index (χ4v) is 3.80. The summed E-state index contributed by atoms with van der Waals surface area (Å²) >= 11 is 4.29. The Bertz CT molecular complexity index is 519. The van der Waals surface area contributed by atoms with E-state index in [-0.39, 0.29) is 11.8 Å². The highest BCUT2D eigenvalue weighted by Crippen LogP contribution is 2.40. The number of benzene rings is 1. The molecule has 1 aromatic rings. The third kappa shape index (κ3) is 2.59. The van der Waals surface area contributed by atoms with E-state index in [0.29, 0.717) is 25.1 Å². The normalized spacial score (nSPS) is 29.9. The highest BCUT2D eigenvalue weighted by Gasteiger charge is 2.43. The van der Waals surface area contributed by atoms with Gasteiger partial charge in [-0.3, -0.25) is 4.79 Å². The maximum atomic E-state index is 12.5. The predicted molar refractivity (Wildman–Crippen MR) is 81.1 cm³/mol. The molecule has 1 aromatic carbocycles. The predicted octanol–water partition coefficient (Wildman–Crippen LogP) is 2.74. The van der Waals surface area contributed by atoms with Gasteiger partial charge in [-0.05, 0) is 37.5 Å². The summed E-state index contributed by atoms with van der Waals surface area (Å²) in [6.45, 7) is 1.34. The molecule has 3 rings (SSSR count). The van der Waals surface area contributed by atoms with Gasteiger partial charge in [0, 0.05) is 29.5 Å². The van der Waals surface area contributed by atoms with E-state index in [4.69, 9.17) is 0 Å². The Morgan fingerprint density at radius 3 is 3.00 bits per heavy atom. The molecule has 1 saturated carbocycles. The lowest BCUT2D eigenvalue weighted by atomic mass is 9.71. The summed E-state index contributed by atoms with van der Waals surface area (Å²) in [5.41, 5.74) is 0.166. The largest absolute Gasteiger partial charge is 0.389 e. The molecule has 108 valence electrons. The summed E-state index contributed by atoms with van der Waals surface area (Å²) in [5.74, 6) is 0.307. The molecular formula is C16H21NO2S. The molecule has 2 fully saturated rings. The molecule has 2 aliphatic rings. The van der Waals surface area contributed by atoms with Crippen molar-refractivity contribution in [2.75, 3.05) is 13.1 Å². The molecule has 0 aromatic heterocycles. The third-order valence-corrected chi connectivity index (χ3v) is 5.09. The van der Waals surface area contributed by atoms with Crippen LogP contribution in [0.5, 0.6) is 0 Å². The standard InChI is InChI=1S/C16H21NO2S/c18-15(12-4-3-6-14(20)10-12)17-9-8-16(19)7-2-1-5-13(16)11-17/h3-4,6,10,13,19-20H,1-2,5,7-9,11H2. The van der Waals surface area contributed by atoms with E-state index in [9.17, 15) is 9.90 Å². The number of fused-ring (bicyclic) bond motifs is 1. The number of aliphatic hydroxyl groups is 1. The Labute approximate surface area is 125 Å². The molecule has 0 radical (unpaired) electrons. The van der Waals surface area contributed by atoms with Crippen molar-refractivity contribution in [1.29, 1.82) is 0 Å². The Morgan fingerprint density at radius 2 is 2.20 bits per heavy atom. The summed E-state index contributed by atoms with van der Waals surface area (Å²) in [6, 6.07) is 7.38. The molecule has 0 spiro atoms. The lowest BCUT2D eigenvalue weighted by Crippen LogP contribution is -2.54. The quantitative estimate of drug-likeness (QED) is 0.781. The van der Waals surface area contributed by atoms with Gasteiger partial charge in [0.05, 0.1) is 5.60 Å². The minimum atomic E-state index is -0.527. The monoisotopic (exact) mass is 291 g/mol. The van der Waals surface area contributed by atoms with Gasteiger partial charge >= 0.3 is 0 Å². The van der Waals surface area contributed by atoms with E-state index < -0.39 is 5.60 Å². The molecule has 2 atom stereocenters. The lowest BCUT2D eigenvalue weighted by Gasteiger charge is -2.47. The highest BCUT2D eigenvalue weighted by atomic mass is 32.1. The van der Waals surface area contributed by atoms with Gasteiger partial charge in [0.2, 0.25) is 0 Å². The highest BCUT2D eigenvalue weighted by molar-refractivity contribution is 7.80. The van der Waals surface area contributed by atoms with Crippen LogP contribution < -0.4 is 0 Å². The summed E-state index contributed by atoms with van der Waals surface area (Å²) in [4.78, 5) is 15.2. The molecule has 20 heavy (non-hydrogen) atoms. The molecule has 1 heterocycles. The van der Waals surface area contributed by atoms with Gasteiger partial charge in [-0.15, -0.1) is 12.6 Å². The fourth-order valence-electron chi connectivity index (χ4n) is 3.58. The van der Waals surface area contributed by atoms with Crippen LogP contribution in [0.1, 0.15) is 42.5 Å². The first-order chi connectivity index (χ1) is 9.58. The third-order valence-electron chi connectivity index (χ3n) is 4.81. The summed E-state index contributed by atoms with van der Waals surface area (Å²) in [6.07, 6.45) is 4.92. The number of thiol groups is 1. The van der Waals surface area contributed by atoms with Crippen molar-refractivity contribution in [3.63, 3.8) is 0 Å². The Morgan fingerprint density at radius 1 is 1.35 bits per heavy atom. The first kappa shape index (κ1) is 14.0. The van der Waals surface area contributed by atoms with Crippen LogP contribution in [0.4, 0.5) is 0 Å². The number of amides is 1. The first-order valence-corrected chi connectivity index (χ1v) is 7.84. The van der Waals surface area contributed by atoms with Crippen LogP contribution in [0, 0.1) is 5.92 Å². The van der Waals surface area contributed by atoms with E-state index in [1.165, 1.54) is 6.42 Å². The zero-order valence-corrected chi connectivity index (χ0v) is 12.5. The molecule has 2 unspecified atom stereocenters. The average Bonchev–Trinajstić information content (AvgIpc) is 2.45. The zero-order valence-electron chi connectivity index (χ0n) is 11.6. The second-order valence-electron chi connectivity index (χ2n) is 6.10. The van der Waals surface area contributed by atoms with Crippen LogP contribution in [0.25, 0.3) is 0 Å². The van der Waals surface area contributed by atoms with Crippen LogP contribution >= 0.6 is 12.6 Å². The van der Waals surface area contributed by atoms with E-state index in [0.717, 1.165) is 24.2 Å². The molecule has 4 heteroatoms. The van der Waals surface area contributed by atoms with Crippen molar-refractivity contribution < 1.29 is 9.90 Å². The second kappa shape index (κ2) is 5.41. The molecule has 1 aliphatic carbocycles. The Kier molecular flexibility index (Phi) is 3.78. The molecule has 1 amide bonds. The zero-order chi connectivity index (χ0) is 14.2. The minimum absolute atomic E-state index is 0.0634. The van der Waals surface area contributed by atoms with Crippen LogP contribution in [0.3, 0.4) is 0 Å². The van der Waals surface area contributed by atoms with Crippen molar-refractivity contribution in [2.24, 2.45) is 5.92 Å². The molecule has 0 bridgehead atoms. The van der Waals surface area contributed by atoms with Crippen LogP contribution in [0.15, 0.2) is 29.2 Å². The van der Waals surface area contributed by atoms with Gasteiger partial charge in [-0.1, -0.05) is 18.9 Å². The van der Waals surface area contributed by atoms with Gasteiger partial charge in [0.15, 0.2) is 0 Å². The minimum Gasteiger partial charge on any atom is -0.389 e. The SMILES string of the molecule is O=C(c1cccc(S)c1)N1CCC2(O)CCCCC2C1. The summed E-state index contributed by atoms with van der Waals surface area (Å²) in [5, 5.41) is 10.7. The van der Waals surface area contributed by atoms with E-state index in [1.54, 1.807) is 0 Å². The number of rotatable bonds is 1. The molecular weight excluding hydrogens is 270 g/mol. The van der Waals surface area contributed by atoms with Crippen molar-refractivity contribution in [3.8, 4) is 0 Å². The second-order valence-corrected chi connectivity index (χ2v) is 6.61.